The molecule has 18 heavy (non-hydrogen) atoms. The second-order valence-electron chi connectivity index (χ2n) is 4.93. The van der Waals surface area contributed by atoms with Gasteiger partial charge in [-0.1, -0.05) is 0 Å². The Hall–Kier alpha value is -0.970. The summed E-state index contributed by atoms with van der Waals surface area (Å²) in [5.74, 6) is -1.58. The number of halogens is 3. The molecule has 1 atom stereocenters. The summed E-state index contributed by atoms with van der Waals surface area (Å²) in [4.78, 5) is 0. The Bertz CT molecular complexity index is 442. The smallest absolute Gasteiger partial charge is 0.151 e. The van der Waals surface area contributed by atoms with Crippen LogP contribution in [0.1, 0.15) is 27.7 Å². The number of alkyl halides is 1. The third-order valence-electron chi connectivity index (χ3n) is 2.07. The highest BCUT2D eigenvalue weighted by atomic mass is 32.2. The highest BCUT2D eigenvalue weighted by Crippen LogP contribution is 2.28. The third-order valence-corrected chi connectivity index (χ3v) is 2.99. The predicted molar refractivity (Wildman–Crippen MR) is 71.8 cm³/mol. The lowest BCUT2D eigenvalue weighted by Gasteiger charge is -2.15. The fourth-order valence-electron chi connectivity index (χ4n) is 1.28. The van der Waals surface area contributed by atoms with Gasteiger partial charge < -0.3 is 0 Å². The molecule has 1 aliphatic rings. The van der Waals surface area contributed by atoms with Gasteiger partial charge in [0.15, 0.2) is 6.17 Å². The monoisotopic (exact) mass is 275 g/mol. The molecule has 0 amide bonds. The average Bonchev–Trinajstić information content (AvgIpc) is 2.34. The fraction of sp³-hybridized carbons (Fsp3) is 0.462. The molecule has 0 aromatic heterocycles. The van der Waals surface area contributed by atoms with Crippen molar-refractivity contribution in [2.45, 2.75) is 38.6 Å². The molecule has 0 fully saturated rings. The summed E-state index contributed by atoms with van der Waals surface area (Å²) < 4.78 is 44.3. The first-order chi connectivity index (χ1) is 8.20. The molecular weight excluding hydrogens is 259 g/mol. The third kappa shape index (κ3) is 4.37. The summed E-state index contributed by atoms with van der Waals surface area (Å²) >= 11 is 1.23. The Morgan fingerprint density at radius 1 is 1.28 bits per heavy atom. The second kappa shape index (κ2) is 5.78. The molecule has 0 radical (unpaired) electrons. The van der Waals surface area contributed by atoms with Crippen molar-refractivity contribution < 1.29 is 13.2 Å². The van der Waals surface area contributed by atoms with Crippen molar-refractivity contribution in [1.82, 2.24) is 0 Å². The second-order valence-corrected chi connectivity index (χ2v) is 6.52. The first-order valence-corrected chi connectivity index (χ1v) is 6.30. The SMILES string of the molecule is C/C(=N\SC(C)(C)C)C1=C(F)C=CC(F)=CC1F. The van der Waals surface area contributed by atoms with Gasteiger partial charge in [-0.2, -0.15) is 0 Å². The van der Waals surface area contributed by atoms with Gasteiger partial charge in [0, 0.05) is 10.3 Å². The van der Waals surface area contributed by atoms with Crippen LogP contribution in [0.5, 0.6) is 0 Å². The molecule has 0 N–H and O–H groups in total. The number of hydrogen-bond donors (Lipinski definition) is 0. The summed E-state index contributed by atoms with van der Waals surface area (Å²) in [6.45, 7) is 7.35. The van der Waals surface area contributed by atoms with Gasteiger partial charge in [-0.25, -0.2) is 17.6 Å². The highest BCUT2D eigenvalue weighted by Gasteiger charge is 2.22. The van der Waals surface area contributed by atoms with E-state index >= 15 is 0 Å². The Morgan fingerprint density at radius 2 is 1.89 bits per heavy atom. The van der Waals surface area contributed by atoms with Crippen LogP contribution in [0.2, 0.25) is 0 Å². The van der Waals surface area contributed by atoms with Crippen molar-refractivity contribution in [2.75, 3.05) is 0 Å². The van der Waals surface area contributed by atoms with Gasteiger partial charge in [-0.3, -0.25) is 0 Å². The quantitative estimate of drug-likeness (QED) is 0.517. The summed E-state index contributed by atoms with van der Waals surface area (Å²) in [5.41, 5.74) is 0.0196. The number of nitrogens with zero attached hydrogens (tertiary/aromatic N) is 1. The van der Waals surface area contributed by atoms with E-state index in [1.165, 1.54) is 18.9 Å². The Morgan fingerprint density at radius 3 is 2.44 bits per heavy atom. The van der Waals surface area contributed by atoms with Gasteiger partial charge in [0.2, 0.25) is 0 Å². The van der Waals surface area contributed by atoms with Crippen molar-refractivity contribution in [1.29, 1.82) is 0 Å². The zero-order valence-corrected chi connectivity index (χ0v) is 11.6. The maximum Gasteiger partial charge on any atom is 0.151 e. The van der Waals surface area contributed by atoms with Gasteiger partial charge in [-0.15, -0.1) is 0 Å². The van der Waals surface area contributed by atoms with Crippen LogP contribution in [0.4, 0.5) is 13.2 Å². The van der Waals surface area contributed by atoms with Crippen molar-refractivity contribution in [2.24, 2.45) is 4.40 Å². The zero-order valence-electron chi connectivity index (χ0n) is 10.8. The van der Waals surface area contributed by atoms with Gasteiger partial charge in [0.05, 0.1) is 5.71 Å². The number of allylic oxidation sites excluding steroid dienone is 6. The highest BCUT2D eigenvalue weighted by molar-refractivity contribution is 7.99. The van der Waals surface area contributed by atoms with E-state index in [0.29, 0.717) is 0 Å². The molecule has 5 heteroatoms. The molecule has 0 heterocycles. The van der Waals surface area contributed by atoms with Crippen LogP contribution >= 0.6 is 11.9 Å². The molecule has 1 nitrogen and oxygen atoms in total. The van der Waals surface area contributed by atoms with Crippen LogP contribution in [0, 0.1) is 0 Å². The molecule has 1 aliphatic carbocycles. The van der Waals surface area contributed by atoms with E-state index in [9.17, 15) is 13.2 Å². The van der Waals surface area contributed by atoms with Crippen molar-refractivity contribution in [3.8, 4) is 0 Å². The van der Waals surface area contributed by atoms with Crippen molar-refractivity contribution >= 4 is 17.7 Å². The maximum absolute atomic E-state index is 13.7. The maximum atomic E-state index is 13.7. The molecule has 0 aromatic rings. The summed E-state index contributed by atoms with van der Waals surface area (Å²) in [6, 6.07) is 0. The van der Waals surface area contributed by atoms with Crippen LogP contribution in [-0.2, 0) is 0 Å². The first-order valence-electron chi connectivity index (χ1n) is 5.53. The van der Waals surface area contributed by atoms with Crippen LogP contribution in [0.15, 0.2) is 39.9 Å². The zero-order chi connectivity index (χ0) is 13.9. The van der Waals surface area contributed by atoms with E-state index in [1.54, 1.807) is 0 Å². The molecule has 1 unspecified atom stereocenters. The van der Waals surface area contributed by atoms with Crippen LogP contribution in [-0.4, -0.2) is 16.6 Å². The van der Waals surface area contributed by atoms with Crippen LogP contribution in [0.3, 0.4) is 0 Å². The molecular formula is C13H16F3NS. The molecule has 0 spiro atoms. The fourth-order valence-corrected chi connectivity index (χ4v) is 1.79. The van der Waals surface area contributed by atoms with Gasteiger partial charge in [-0.05, 0) is 57.9 Å². The minimum Gasteiger partial charge on any atom is -0.237 e. The van der Waals surface area contributed by atoms with E-state index in [1.807, 2.05) is 20.8 Å². The van der Waals surface area contributed by atoms with E-state index in [0.717, 1.165) is 18.2 Å². The largest absolute Gasteiger partial charge is 0.237 e. The number of hydrogen-bond acceptors (Lipinski definition) is 2. The van der Waals surface area contributed by atoms with Crippen LogP contribution < -0.4 is 0 Å². The molecule has 0 bridgehead atoms. The molecule has 1 rings (SSSR count). The van der Waals surface area contributed by atoms with Gasteiger partial charge in [0.1, 0.15) is 11.7 Å². The minimum absolute atomic E-state index is 0.147. The average molecular weight is 275 g/mol. The van der Waals surface area contributed by atoms with Crippen molar-refractivity contribution in [3.63, 3.8) is 0 Å². The predicted octanol–water partition coefficient (Wildman–Crippen LogP) is 4.88. The summed E-state index contributed by atoms with van der Waals surface area (Å²) in [5, 5.41) is 0. The normalized spacial score (nSPS) is 22.1. The number of rotatable bonds is 2. The topological polar surface area (TPSA) is 12.4 Å². The van der Waals surface area contributed by atoms with Gasteiger partial charge >= 0.3 is 0 Å². The summed E-state index contributed by atoms with van der Waals surface area (Å²) in [7, 11) is 0. The van der Waals surface area contributed by atoms with E-state index in [4.69, 9.17) is 0 Å². The summed E-state index contributed by atoms with van der Waals surface area (Å²) in [6.07, 6.45) is 0.740. The Labute approximate surface area is 110 Å². The molecule has 0 aliphatic heterocycles. The van der Waals surface area contributed by atoms with E-state index in [2.05, 4.69) is 4.40 Å². The molecule has 0 saturated heterocycles. The molecule has 0 aromatic carbocycles. The molecule has 0 saturated carbocycles. The van der Waals surface area contributed by atoms with E-state index in [-0.39, 0.29) is 16.0 Å². The van der Waals surface area contributed by atoms with Crippen LogP contribution in [0.25, 0.3) is 0 Å². The Kier molecular flexibility index (Phi) is 4.85. The first kappa shape index (κ1) is 15.1. The Balaban J connectivity index is 3.03. The lowest BCUT2D eigenvalue weighted by atomic mass is 10.1. The lowest BCUT2D eigenvalue weighted by Crippen LogP contribution is -2.12. The van der Waals surface area contributed by atoms with E-state index < -0.39 is 17.8 Å². The van der Waals surface area contributed by atoms with Crippen molar-refractivity contribution in [3.05, 3.63) is 35.5 Å². The van der Waals surface area contributed by atoms with Gasteiger partial charge in [0.25, 0.3) is 0 Å². The molecule has 100 valence electrons. The standard InChI is InChI=1S/C13H16F3NS/c1-8(17-18-13(2,3)4)12-10(15)6-5-9(14)7-11(12)16/h5-7,11H,1-4H3/b17-8+. The lowest BCUT2D eigenvalue weighted by molar-refractivity contribution is 0.444. The minimum atomic E-state index is -1.82.